The zero-order chi connectivity index (χ0) is 21.3. The summed E-state index contributed by atoms with van der Waals surface area (Å²) >= 11 is 5.91. The Hall–Kier alpha value is -3.27. The second-order valence-corrected chi connectivity index (χ2v) is 7.10. The van der Waals surface area contributed by atoms with Crippen LogP contribution in [-0.4, -0.2) is 44.9 Å². The fourth-order valence-corrected chi connectivity index (χ4v) is 3.14. The third-order valence-corrected chi connectivity index (χ3v) is 4.86. The smallest absolute Gasteiger partial charge is 0.416 e. The summed E-state index contributed by atoms with van der Waals surface area (Å²) in [6.45, 7) is 0.784. The molecule has 0 bridgehead atoms. The van der Waals surface area contributed by atoms with Crippen LogP contribution >= 0.6 is 11.6 Å². The van der Waals surface area contributed by atoms with E-state index in [0.717, 1.165) is 16.8 Å². The van der Waals surface area contributed by atoms with Crippen molar-refractivity contribution >= 4 is 29.5 Å². The molecule has 2 aromatic heterocycles. The van der Waals surface area contributed by atoms with E-state index in [0.29, 0.717) is 10.7 Å². The first-order valence-corrected chi connectivity index (χ1v) is 9.45. The van der Waals surface area contributed by atoms with E-state index in [4.69, 9.17) is 16.3 Å². The number of hydrogen-bond acceptors (Lipinski definition) is 6. The van der Waals surface area contributed by atoms with Crippen LogP contribution in [0, 0.1) is 5.82 Å². The van der Waals surface area contributed by atoms with Gasteiger partial charge in [0.1, 0.15) is 19.3 Å². The first kappa shape index (κ1) is 20.0. The normalized spacial score (nSPS) is 17.1. The number of nitrogens with zero attached hydrogens (tertiary/aromatic N) is 5. The molecule has 0 radical (unpaired) electrons. The number of amides is 1. The van der Waals surface area contributed by atoms with Crippen molar-refractivity contribution in [2.24, 2.45) is 0 Å². The van der Waals surface area contributed by atoms with Crippen LogP contribution in [-0.2, 0) is 4.74 Å². The molecule has 11 heteroatoms. The minimum Gasteiger partial charge on any atom is -0.447 e. The number of rotatable bonds is 6. The molecule has 0 aliphatic carbocycles. The molecule has 0 saturated carbocycles. The molecule has 1 aliphatic rings. The number of carbonyl (C=O) groups excluding carboxylic acids is 1. The number of anilines is 2. The number of carbonyl (C=O) groups is 1. The van der Waals surface area contributed by atoms with Crippen LogP contribution in [0.15, 0.2) is 43.0 Å². The summed E-state index contributed by atoms with van der Waals surface area (Å²) in [7, 11) is 0. The van der Waals surface area contributed by atoms with Gasteiger partial charge in [0.25, 0.3) is 0 Å². The van der Waals surface area contributed by atoms with Gasteiger partial charge in [-0.2, -0.15) is 4.98 Å². The number of aromatic nitrogens is 4. The SMILES string of the molecule is C[C@H](Nc1ncc(F)c(N2C(=O)OC[C@@H]2CF)n1)c1cn(-c2ccc(Cl)cc2)cn1. The van der Waals surface area contributed by atoms with Crippen molar-refractivity contribution in [2.75, 3.05) is 23.5 Å². The molecule has 1 N–H and O–H groups in total. The van der Waals surface area contributed by atoms with E-state index in [2.05, 4.69) is 20.3 Å². The van der Waals surface area contributed by atoms with Gasteiger partial charge in [-0.3, -0.25) is 0 Å². The number of halogens is 3. The van der Waals surface area contributed by atoms with E-state index in [-0.39, 0.29) is 24.4 Å². The van der Waals surface area contributed by atoms with E-state index < -0.39 is 24.6 Å². The van der Waals surface area contributed by atoms with Gasteiger partial charge in [0.15, 0.2) is 11.6 Å². The van der Waals surface area contributed by atoms with Crippen molar-refractivity contribution in [2.45, 2.75) is 19.0 Å². The molecule has 2 atom stereocenters. The van der Waals surface area contributed by atoms with Gasteiger partial charge in [0.2, 0.25) is 5.95 Å². The summed E-state index contributed by atoms with van der Waals surface area (Å²) in [5, 5.41) is 3.65. The average Bonchev–Trinajstić information content (AvgIpc) is 3.37. The molecule has 1 saturated heterocycles. The van der Waals surface area contributed by atoms with Gasteiger partial charge >= 0.3 is 6.09 Å². The third-order valence-electron chi connectivity index (χ3n) is 4.61. The summed E-state index contributed by atoms with van der Waals surface area (Å²) in [6, 6.07) is 6.01. The Kier molecular flexibility index (Phi) is 5.49. The van der Waals surface area contributed by atoms with Gasteiger partial charge in [-0.05, 0) is 31.2 Å². The maximum Gasteiger partial charge on any atom is 0.416 e. The zero-order valence-electron chi connectivity index (χ0n) is 15.8. The monoisotopic (exact) mass is 434 g/mol. The maximum atomic E-state index is 14.2. The van der Waals surface area contributed by atoms with Gasteiger partial charge in [0, 0.05) is 16.9 Å². The molecule has 1 aromatic carbocycles. The second kappa shape index (κ2) is 8.23. The van der Waals surface area contributed by atoms with E-state index >= 15 is 0 Å². The van der Waals surface area contributed by atoms with Gasteiger partial charge < -0.3 is 14.6 Å². The molecule has 156 valence electrons. The minimum absolute atomic E-state index is 0.0669. The van der Waals surface area contributed by atoms with E-state index in [1.807, 2.05) is 29.8 Å². The number of alkyl halides is 1. The first-order chi connectivity index (χ1) is 14.5. The number of benzene rings is 1. The van der Waals surface area contributed by atoms with Crippen molar-refractivity contribution in [1.29, 1.82) is 0 Å². The van der Waals surface area contributed by atoms with Crippen LogP contribution in [0.5, 0.6) is 0 Å². The Morgan fingerprint density at radius 1 is 1.33 bits per heavy atom. The lowest BCUT2D eigenvalue weighted by molar-refractivity contribution is 0.177. The number of hydrogen-bond donors (Lipinski definition) is 1. The topological polar surface area (TPSA) is 85.2 Å². The highest BCUT2D eigenvalue weighted by Gasteiger charge is 2.37. The quantitative estimate of drug-likeness (QED) is 0.633. The second-order valence-electron chi connectivity index (χ2n) is 6.67. The van der Waals surface area contributed by atoms with E-state index in [1.165, 1.54) is 0 Å². The van der Waals surface area contributed by atoms with Crippen LogP contribution in [0.3, 0.4) is 0 Å². The average molecular weight is 435 g/mol. The van der Waals surface area contributed by atoms with Crippen LogP contribution < -0.4 is 10.2 Å². The van der Waals surface area contributed by atoms with Crippen molar-refractivity contribution < 1.29 is 18.3 Å². The summed E-state index contributed by atoms with van der Waals surface area (Å²) in [6.07, 6.45) is 3.54. The van der Waals surface area contributed by atoms with Gasteiger partial charge in [0.05, 0.1) is 24.3 Å². The summed E-state index contributed by atoms with van der Waals surface area (Å²) in [5.41, 5.74) is 1.57. The lowest BCUT2D eigenvalue weighted by Crippen LogP contribution is -2.36. The Morgan fingerprint density at radius 3 is 2.83 bits per heavy atom. The number of imidazole rings is 1. The third kappa shape index (κ3) is 3.90. The zero-order valence-corrected chi connectivity index (χ0v) is 16.6. The summed E-state index contributed by atoms with van der Waals surface area (Å²) in [4.78, 5) is 25.1. The van der Waals surface area contributed by atoms with Crippen LogP contribution in [0.25, 0.3) is 5.69 Å². The fourth-order valence-electron chi connectivity index (χ4n) is 3.01. The first-order valence-electron chi connectivity index (χ1n) is 9.07. The predicted molar refractivity (Wildman–Crippen MR) is 106 cm³/mol. The molecule has 0 unspecified atom stereocenters. The lowest BCUT2D eigenvalue weighted by atomic mass is 10.2. The van der Waals surface area contributed by atoms with E-state index in [1.54, 1.807) is 18.5 Å². The molecular formula is C19H17ClF2N6O2. The number of ether oxygens (including phenoxy) is 1. The Labute approximate surface area is 175 Å². The Balaban J connectivity index is 1.53. The van der Waals surface area contributed by atoms with Gasteiger partial charge in [-0.1, -0.05) is 11.6 Å². The molecule has 3 heterocycles. The highest BCUT2D eigenvalue weighted by atomic mass is 35.5. The molecule has 3 aromatic rings. The van der Waals surface area contributed by atoms with Crippen LogP contribution in [0.1, 0.15) is 18.7 Å². The van der Waals surface area contributed by atoms with Crippen molar-refractivity contribution in [3.8, 4) is 5.69 Å². The molecular weight excluding hydrogens is 418 g/mol. The Morgan fingerprint density at radius 2 is 2.10 bits per heavy atom. The van der Waals surface area contributed by atoms with Crippen molar-refractivity contribution in [3.05, 3.63) is 59.5 Å². The molecule has 1 fully saturated rings. The molecule has 4 rings (SSSR count). The molecule has 1 amide bonds. The van der Waals surface area contributed by atoms with Crippen LogP contribution in [0.4, 0.5) is 25.3 Å². The standard InChI is InChI=1S/C19H17ClF2N6O2/c1-11(16-8-27(10-24-16)13-4-2-12(20)3-5-13)25-18-23-7-15(22)17(26-18)28-14(6-21)9-30-19(28)29/h2-5,7-8,10-11,14H,6,9H2,1H3,(H,23,25,26)/t11-,14-/m0/s1. The summed E-state index contributed by atoms with van der Waals surface area (Å²) in [5.74, 6) is -1.12. The number of cyclic esters (lactones) is 1. The highest BCUT2D eigenvalue weighted by Crippen LogP contribution is 2.26. The largest absolute Gasteiger partial charge is 0.447 e. The molecule has 1 aliphatic heterocycles. The van der Waals surface area contributed by atoms with Crippen molar-refractivity contribution in [1.82, 2.24) is 19.5 Å². The summed E-state index contributed by atoms with van der Waals surface area (Å²) < 4.78 is 34.0. The minimum atomic E-state index is -0.928. The molecule has 8 nitrogen and oxygen atoms in total. The van der Waals surface area contributed by atoms with E-state index in [9.17, 15) is 13.6 Å². The van der Waals surface area contributed by atoms with Gasteiger partial charge in [-0.15, -0.1) is 0 Å². The molecule has 30 heavy (non-hydrogen) atoms. The van der Waals surface area contributed by atoms with Crippen LogP contribution in [0.2, 0.25) is 5.02 Å². The molecule has 0 spiro atoms. The highest BCUT2D eigenvalue weighted by molar-refractivity contribution is 6.30. The Bertz CT molecular complexity index is 1060. The lowest BCUT2D eigenvalue weighted by Gasteiger charge is -2.19. The van der Waals surface area contributed by atoms with Crippen molar-refractivity contribution in [3.63, 3.8) is 0 Å². The number of nitrogens with one attached hydrogen (secondary N) is 1. The predicted octanol–water partition coefficient (Wildman–Crippen LogP) is 3.92. The maximum absolute atomic E-state index is 14.2. The fraction of sp³-hybridized carbons (Fsp3) is 0.263. The van der Waals surface area contributed by atoms with Gasteiger partial charge in [-0.25, -0.2) is 28.4 Å².